The first-order chi connectivity index (χ1) is 9.97. The highest BCUT2D eigenvalue weighted by atomic mass is 35.5. The lowest BCUT2D eigenvalue weighted by Crippen LogP contribution is -2.14. The summed E-state index contributed by atoms with van der Waals surface area (Å²) in [7, 11) is -3.81. The van der Waals surface area contributed by atoms with Crippen molar-refractivity contribution in [1.82, 2.24) is 10.2 Å². The molecule has 0 atom stereocenters. The molecule has 0 spiro atoms. The van der Waals surface area contributed by atoms with Crippen LogP contribution in [-0.2, 0) is 10.0 Å². The SMILES string of the molecule is Nc1cc(Cl)ccc1S(=O)(=O)Nc1cccc2[nH]ncc12. The fourth-order valence-corrected chi connectivity index (χ4v) is 3.40. The summed E-state index contributed by atoms with van der Waals surface area (Å²) in [5.74, 6) is 0. The molecule has 1 aromatic heterocycles. The van der Waals surface area contributed by atoms with Crippen molar-refractivity contribution in [2.45, 2.75) is 4.90 Å². The van der Waals surface area contributed by atoms with Gasteiger partial charge in [0.05, 0.1) is 23.1 Å². The van der Waals surface area contributed by atoms with Gasteiger partial charge in [-0.3, -0.25) is 9.82 Å². The summed E-state index contributed by atoms with van der Waals surface area (Å²) in [6.45, 7) is 0. The van der Waals surface area contributed by atoms with Crippen molar-refractivity contribution in [2.75, 3.05) is 10.5 Å². The zero-order valence-corrected chi connectivity index (χ0v) is 12.2. The number of aromatic nitrogens is 2. The van der Waals surface area contributed by atoms with E-state index in [1.807, 2.05) is 0 Å². The summed E-state index contributed by atoms with van der Waals surface area (Å²) >= 11 is 5.78. The first-order valence-electron chi connectivity index (χ1n) is 5.97. The van der Waals surface area contributed by atoms with Gasteiger partial charge in [0.25, 0.3) is 10.0 Å². The minimum absolute atomic E-state index is 0.0209. The molecule has 3 aromatic rings. The maximum absolute atomic E-state index is 12.4. The summed E-state index contributed by atoms with van der Waals surface area (Å²) < 4.78 is 27.4. The van der Waals surface area contributed by atoms with Gasteiger partial charge in [-0.2, -0.15) is 5.10 Å². The number of benzene rings is 2. The number of fused-ring (bicyclic) bond motifs is 1. The topological polar surface area (TPSA) is 101 Å². The van der Waals surface area contributed by atoms with Gasteiger partial charge in [-0.05, 0) is 30.3 Å². The van der Waals surface area contributed by atoms with Crippen LogP contribution in [0, 0.1) is 0 Å². The second-order valence-electron chi connectivity index (χ2n) is 4.42. The second-order valence-corrected chi connectivity index (χ2v) is 6.51. The number of sulfonamides is 1. The Hall–Kier alpha value is -2.25. The average Bonchev–Trinajstić information content (AvgIpc) is 2.87. The molecule has 2 aromatic carbocycles. The molecule has 0 radical (unpaired) electrons. The summed E-state index contributed by atoms with van der Waals surface area (Å²) in [5.41, 5.74) is 6.99. The van der Waals surface area contributed by atoms with Gasteiger partial charge in [0, 0.05) is 10.4 Å². The Morgan fingerprint density at radius 1 is 1.24 bits per heavy atom. The standard InChI is InChI=1S/C13H11ClN4O2S/c14-8-4-5-13(10(15)6-8)21(19,20)18-12-3-1-2-11-9(12)7-16-17-11/h1-7,18H,15H2,(H,16,17). The smallest absolute Gasteiger partial charge is 0.263 e. The quantitative estimate of drug-likeness (QED) is 0.645. The van der Waals surface area contributed by atoms with Crippen molar-refractivity contribution >= 4 is 43.9 Å². The van der Waals surface area contributed by atoms with Crippen LogP contribution in [0.1, 0.15) is 0 Å². The largest absolute Gasteiger partial charge is 0.398 e. The van der Waals surface area contributed by atoms with Crippen molar-refractivity contribution in [1.29, 1.82) is 0 Å². The van der Waals surface area contributed by atoms with Crippen molar-refractivity contribution in [3.8, 4) is 0 Å². The molecule has 21 heavy (non-hydrogen) atoms. The number of anilines is 2. The molecule has 6 nitrogen and oxygen atoms in total. The molecule has 0 fully saturated rings. The molecule has 0 aliphatic heterocycles. The van der Waals surface area contributed by atoms with Crippen molar-refractivity contribution < 1.29 is 8.42 Å². The lowest BCUT2D eigenvalue weighted by atomic mass is 10.2. The fraction of sp³-hybridized carbons (Fsp3) is 0. The van der Waals surface area contributed by atoms with Gasteiger partial charge < -0.3 is 5.73 Å². The Morgan fingerprint density at radius 3 is 2.81 bits per heavy atom. The van der Waals surface area contributed by atoms with Gasteiger partial charge >= 0.3 is 0 Å². The van der Waals surface area contributed by atoms with Crippen molar-refractivity contribution in [3.05, 3.63) is 47.6 Å². The maximum Gasteiger partial charge on any atom is 0.263 e. The van der Waals surface area contributed by atoms with Crippen LogP contribution in [-0.4, -0.2) is 18.6 Å². The zero-order chi connectivity index (χ0) is 15.0. The number of rotatable bonds is 3. The van der Waals surface area contributed by atoms with Crippen LogP contribution in [0.3, 0.4) is 0 Å². The number of hydrogen-bond donors (Lipinski definition) is 3. The van der Waals surface area contributed by atoms with E-state index in [2.05, 4.69) is 14.9 Å². The van der Waals surface area contributed by atoms with Crippen LogP contribution >= 0.6 is 11.6 Å². The van der Waals surface area contributed by atoms with Crippen LogP contribution in [0.2, 0.25) is 5.02 Å². The molecule has 0 saturated heterocycles. The summed E-state index contributed by atoms with van der Waals surface area (Å²) in [6.07, 6.45) is 1.55. The first kappa shape index (κ1) is 13.7. The monoisotopic (exact) mass is 322 g/mol. The lowest BCUT2D eigenvalue weighted by molar-refractivity contribution is 0.601. The summed E-state index contributed by atoms with van der Waals surface area (Å²) in [4.78, 5) is -0.0209. The highest BCUT2D eigenvalue weighted by molar-refractivity contribution is 7.93. The Kier molecular flexibility index (Phi) is 3.23. The first-order valence-corrected chi connectivity index (χ1v) is 7.83. The Morgan fingerprint density at radius 2 is 2.05 bits per heavy atom. The third-order valence-corrected chi connectivity index (χ3v) is 4.67. The third-order valence-electron chi connectivity index (χ3n) is 2.99. The van der Waals surface area contributed by atoms with Crippen LogP contribution in [0.5, 0.6) is 0 Å². The molecule has 0 aliphatic carbocycles. The van der Waals surface area contributed by atoms with Crippen LogP contribution in [0.4, 0.5) is 11.4 Å². The van der Waals surface area contributed by atoms with E-state index < -0.39 is 10.0 Å². The number of nitrogens with one attached hydrogen (secondary N) is 2. The molecular formula is C13H11ClN4O2S. The molecule has 0 amide bonds. The highest BCUT2D eigenvalue weighted by Gasteiger charge is 2.19. The van der Waals surface area contributed by atoms with E-state index in [9.17, 15) is 8.42 Å². The van der Waals surface area contributed by atoms with E-state index in [0.29, 0.717) is 16.1 Å². The van der Waals surface area contributed by atoms with Gasteiger partial charge in [0.15, 0.2) is 0 Å². The number of aromatic amines is 1. The summed E-state index contributed by atoms with van der Waals surface area (Å²) in [5, 5.41) is 7.72. The number of nitrogens with zero attached hydrogens (tertiary/aromatic N) is 1. The van der Waals surface area contributed by atoms with Gasteiger partial charge in [-0.15, -0.1) is 0 Å². The Labute approximate surface area is 126 Å². The maximum atomic E-state index is 12.4. The third kappa shape index (κ3) is 2.53. The van der Waals surface area contributed by atoms with Crippen molar-refractivity contribution in [2.24, 2.45) is 0 Å². The van der Waals surface area contributed by atoms with E-state index in [1.54, 1.807) is 24.4 Å². The van der Waals surface area contributed by atoms with E-state index in [-0.39, 0.29) is 10.6 Å². The van der Waals surface area contributed by atoms with Gasteiger partial charge in [0.2, 0.25) is 0 Å². The Bertz CT molecular complexity index is 921. The number of hydrogen-bond acceptors (Lipinski definition) is 4. The van der Waals surface area contributed by atoms with Gasteiger partial charge in [0.1, 0.15) is 4.90 Å². The average molecular weight is 323 g/mol. The molecular weight excluding hydrogens is 312 g/mol. The van der Waals surface area contributed by atoms with Crippen LogP contribution < -0.4 is 10.5 Å². The lowest BCUT2D eigenvalue weighted by Gasteiger charge is -2.11. The van der Waals surface area contributed by atoms with Crippen LogP contribution in [0.15, 0.2) is 47.5 Å². The molecule has 1 heterocycles. The molecule has 3 rings (SSSR count). The number of nitrogen functional groups attached to an aromatic ring is 1. The number of H-pyrrole nitrogens is 1. The molecule has 8 heteroatoms. The minimum atomic E-state index is -3.81. The van der Waals surface area contributed by atoms with Gasteiger partial charge in [-0.1, -0.05) is 17.7 Å². The molecule has 4 N–H and O–H groups in total. The number of nitrogens with two attached hydrogens (primary N) is 1. The fourth-order valence-electron chi connectivity index (χ4n) is 2.02. The van der Waals surface area contributed by atoms with E-state index >= 15 is 0 Å². The van der Waals surface area contributed by atoms with Crippen LogP contribution in [0.25, 0.3) is 10.9 Å². The highest BCUT2D eigenvalue weighted by Crippen LogP contribution is 2.27. The summed E-state index contributed by atoms with van der Waals surface area (Å²) in [6, 6.07) is 9.43. The molecule has 0 aliphatic rings. The molecule has 0 saturated carbocycles. The van der Waals surface area contributed by atoms with Crippen molar-refractivity contribution in [3.63, 3.8) is 0 Å². The normalized spacial score (nSPS) is 11.7. The molecule has 108 valence electrons. The van der Waals surface area contributed by atoms with E-state index in [1.165, 1.54) is 18.2 Å². The minimum Gasteiger partial charge on any atom is -0.398 e. The van der Waals surface area contributed by atoms with E-state index in [0.717, 1.165) is 5.52 Å². The zero-order valence-electron chi connectivity index (χ0n) is 10.7. The molecule has 0 bridgehead atoms. The molecule has 0 unspecified atom stereocenters. The van der Waals surface area contributed by atoms with Gasteiger partial charge in [-0.25, -0.2) is 8.42 Å². The van der Waals surface area contributed by atoms with E-state index in [4.69, 9.17) is 17.3 Å². The Balaban J connectivity index is 2.05. The number of halogens is 1. The predicted molar refractivity (Wildman–Crippen MR) is 82.8 cm³/mol. The predicted octanol–water partition coefficient (Wildman–Crippen LogP) is 2.60. The second kappa shape index (κ2) is 4.94.